The van der Waals surface area contributed by atoms with E-state index in [1.807, 2.05) is 6.07 Å². The summed E-state index contributed by atoms with van der Waals surface area (Å²) in [6, 6.07) is 1.88. The van der Waals surface area contributed by atoms with Crippen molar-refractivity contribution < 1.29 is 13.5 Å². The predicted octanol–water partition coefficient (Wildman–Crippen LogP) is 2.83. The zero-order valence-electron chi connectivity index (χ0n) is 8.51. The van der Waals surface area contributed by atoms with Gasteiger partial charge in [-0.3, -0.25) is 4.98 Å². The van der Waals surface area contributed by atoms with Crippen molar-refractivity contribution in [2.75, 3.05) is 7.11 Å². The summed E-state index contributed by atoms with van der Waals surface area (Å²) in [6.45, 7) is 0. The molecule has 0 aliphatic rings. The van der Waals surface area contributed by atoms with Gasteiger partial charge >= 0.3 is 0 Å². The summed E-state index contributed by atoms with van der Waals surface area (Å²) in [6.07, 6.45) is -1.72. The number of ether oxygens (including phenoxy) is 1. The van der Waals surface area contributed by atoms with Crippen molar-refractivity contribution >= 4 is 11.6 Å². The van der Waals surface area contributed by atoms with Crippen molar-refractivity contribution in [3.05, 3.63) is 23.0 Å². The van der Waals surface area contributed by atoms with Gasteiger partial charge in [-0.25, -0.2) is 8.78 Å². The normalized spacial score (nSPS) is 10.2. The van der Waals surface area contributed by atoms with E-state index in [2.05, 4.69) is 4.98 Å². The molecule has 0 unspecified atom stereocenters. The second-order valence-electron chi connectivity index (χ2n) is 2.94. The Bertz CT molecular complexity index is 418. The summed E-state index contributed by atoms with van der Waals surface area (Å²) in [4.78, 5) is 3.80. The minimum absolute atomic E-state index is 0.00204. The van der Waals surface area contributed by atoms with Crippen LogP contribution in [0.4, 0.5) is 8.78 Å². The number of nitriles is 1. The molecule has 6 heteroatoms. The van der Waals surface area contributed by atoms with Crippen molar-refractivity contribution in [2.45, 2.75) is 18.7 Å². The lowest BCUT2D eigenvalue weighted by atomic mass is 10.1. The third-order valence-electron chi connectivity index (χ3n) is 2.07. The van der Waals surface area contributed by atoms with Crippen LogP contribution in [0.5, 0.6) is 5.75 Å². The second kappa shape index (κ2) is 5.61. The highest BCUT2D eigenvalue weighted by molar-refractivity contribution is 6.17. The predicted molar refractivity (Wildman–Crippen MR) is 54.6 cm³/mol. The SMILES string of the molecule is COc1c(C(F)F)cnc(CCl)c1CC#N. The van der Waals surface area contributed by atoms with Gasteiger partial charge in [0.05, 0.1) is 36.7 Å². The maximum absolute atomic E-state index is 12.6. The molecular weight excluding hydrogens is 238 g/mol. The van der Waals surface area contributed by atoms with Crippen LogP contribution in [-0.4, -0.2) is 12.1 Å². The second-order valence-corrected chi connectivity index (χ2v) is 3.21. The van der Waals surface area contributed by atoms with E-state index >= 15 is 0 Å². The first-order valence-corrected chi connectivity index (χ1v) is 4.94. The van der Waals surface area contributed by atoms with Crippen LogP contribution in [0.25, 0.3) is 0 Å². The third kappa shape index (κ3) is 2.39. The standard InChI is InChI=1S/C10H9ClF2N2O/c1-16-9-6(2-3-14)8(4-11)15-5-7(9)10(12)13/h5,10H,2,4H2,1H3. The summed E-state index contributed by atoms with van der Waals surface area (Å²) in [5.74, 6) is 0.0545. The topological polar surface area (TPSA) is 45.9 Å². The molecule has 1 aromatic heterocycles. The fourth-order valence-corrected chi connectivity index (χ4v) is 1.59. The van der Waals surface area contributed by atoms with Crippen LogP contribution in [0.3, 0.4) is 0 Å². The number of hydrogen-bond acceptors (Lipinski definition) is 3. The number of rotatable bonds is 4. The quantitative estimate of drug-likeness (QED) is 0.768. The summed E-state index contributed by atoms with van der Waals surface area (Å²) in [5, 5.41) is 8.63. The van der Waals surface area contributed by atoms with Crippen LogP contribution in [-0.2, 0) is 12.3 Å². The maximum atomic E-state index is 12.6. The van der Waals surface area contributed by atoms with Gasteiger partial charge in [-0.2, -0.15) is 5.26 Å². The summed E-state index contributed by atoms with van der Waals surface area (Å²) in [7, 11) is 1.28. The first kappa shape index (κ1) is 12.7. The zero-order chi connectivity index (χ0) is 12.1. The van der Waals surface area contributed by atoms with Crippen molar-refractivity contribution in [3.8, 4) is 11.8 Å². The van der Waals surface area contributed by atoms with Crippen LogP contribution in [0.1, 0.15) is 23.2 Å². The lowest BCUT2D eigenvalue weighted by Gasteiger charge is -2.13. The Morgan fingerprint density at radius 2 is 2.31 bits per heavy atom. The average molecular weight is 247 g/mol. The maximum Gasteiger partial charge on any atom is 0.268 e. The largest absolute Gasteiger partial charge is 0.496 e. The van der Waals surface area contributed by atoms with E-state index in [9.17, 15) is 8.78 Å². The molecule has 0 N–H and O–H groups in total. The fraction of sp³-hybridized carbons (Fsp3) is 0.400. The van der Waals surface area contributed by atoms with Crippen molar-refractivity contribution in [3.63, 3.8) is 0 Å². The Balaban J connectivity index is 3.38. The molecule has 0 saturated heterocycles. The van der Waals surface area contributed by atoms with Crippen LogP contribution >= 0.6 is 11.6 Å². The molecule has 0 spiro atoms. The number of methoxy groups -OCH3 is 1. The summed E-state index contributed by atoms with van der Waals surface area (Å²) in [5.41, 5.74) is 0.406. The molecule has 1 heterocycles. The van der Waals surface area contributed by atoms with Gasteiger partial charge in [0, 0.05) is 11.8 Å². The molecule has 1 aromatic rings. The molecule has 0 amide bonds. The molecule has 0 aromatic carbocycles. The Labute approximate surface area is 96.6 Å². The summed E-state index contributed by atoms with van der Waals surface area (Å²) >= 11 is 5.61. The number of nitrogens with zero attached hydrogens (tertiary/aromatic N) is 2. The number of pyridine rings is 1. The van der Waals surface area contributed by atoms with Crippen molar-refractivity contribution in [2.24, 2.45) is 0 Å². The first-order valence-electron chi connectivity index (χ1n) is 4.41. The number of alkyl halides is 3. The molecule has 86 valence electrons. The molecule has 0 aliphatic heterocycles. The lowest BCUT2D eigenvalue weighted by Crippen LogP contribution is -2.04. The third-order valence-corrected chi connectivity index (χ3v) is 2.32. The Hall–Kier alpha value is -1.41. The molecule has 0 radical (unpaired) electrons. The Morgan fingerprint density at radius 3 is 2.75 bits per heavy atom. The van der Waals surface area contributed by atoms with E-state index < -0.39 is 6.43 Å². The van der Waals surface area contributed by atoms with Gasteiger partial charge in [0.25, 0.3) is 6.43 Å². The van der Waals surface area contributed by atoms with E-state index in [1.165, 1.54) is 7.11 Å². The van der Waals surface area contributed by atoms with E-state index in [-0.39, 0.29) is 23.6 Å². The van der Waals surface area contributed by atoms with Gasteiger partial charge in [0.15, 0.2) is 0 Å². The Morgan fingerprint density at radius 1 is 1.62 bits per heavy atom. The van der Waals surface area contributed by atoms with E-state index in [1.54, 1.807) is 0 Å². The minimum Gasteiger partial charge on any atom is -0.496 e. The van der Waals surface area contributed by atoms with E-state index in [0.717, 1.165) is 6.20 Å². The monoisotopic (exact) mass is 246 g/mol. The molecule has 1 rings (SSSR count). The molecule has 0 saturated carbocycles. The molecule has 0 atom stereocenters. The van der Waals surface area contributed by atoms with Crippen molar-refractivity contribution in [1.82, 2.24) is 4.98 Å². The lowest BCUT2D eigenvalue weighted by molar-refractivity contribution is 0.146. The van der Waals surface area contributed by atoms with Crippen LogP contribution in [0, 0.1) is 11.3 Å². The molecule has 0 fully saturated rings. The van der Waals surface area contributed by atoms with Gasteiger partial charge in [0.2, 0.25) is 0 Å². The van der Waals surface area contributed by atoms with E-state index in [0.29, 0.717) is 11.3 Å². The molecule has 0 aliphatic carbocycles. The number of halogens is 3. The van der Waals surface area contributed by atoms with Gasteiger partial charge in [-0.05, 0) is 0 Å². The van der Waals surface area contributed by atoms with Crippen LogP contribution in [0.2, 0.25) is 0 Å². The first-order chi connectivity index (χ1) is 7.65. The van der Waals surface area contributed by atoms with E-state index in [4.69, 9.17) is 21.6 Å². The van der Waals surface area contributed by atoms with Crippen LogP contribution in [0.15, 0.2) is 6.20 Å². The van der Waals surface area contributed by atoms with Gasteiger partial charge < -0.3 is 4.74 Å². The van der Waals surface area contributed by atoms with Gasteiger partial charge in [-0.1, -0.05) is 0 Å². The van der Waals surface area contributed by atoms with Crippen molar-refractivity contribution in [1.29, 1.82) is 5.26 Å². The zero-order valence-corrected chi connectivity index (χ0v) is 9.26. The molecule has 0 bridgehead atoms. The fourth-order valence-electron chi connectivity index (χ4n) is 1.36. The highest BCUT2D eigenvalue weighted by Crippen LogP contribution is 2.33. The van der Waals surface area contributed by atoms with Gasteiger partial charge in [-0.15, -0.1) is 11.6 Å². The smallest absolute Gasteiger partial charge is 0.268 e. The Kier molecular flexibility index (Phi) is 4.44. The van der Waals surface area contributed by atoms with Gasteiger partial charge in [0.1, 0.15) is 5.75 Å². The minimum atomic E-state index is -2.69. The number of aromatic nitrogens is 1. The highest BCUT2D eigenvalue weighted by Gasteiger charge is 2.20. The molecule has 16 heavy (non-hydrogen) atoms. The average Bonchev–Trinajstić information content (AvgIpc) is 2.28. The number of hydrogen-bond donors (Lipinski definition) is 0. The van der Waals surface area contributed by atoms with Crippen LogP contribution < -0.4 is 4.74 Å². The summed E-state index contributed by atoms with van der Waals surface area (Å²) < 4.78 is 30.2. The molecular formula is C10H9ClF2N2O. The molecule has 3 nitrogen and oxygen atoms in total. The highest BCUT2D eigenvalue weighted by atomic mass is 35.5.